The van der Waals surface area contributed by atoms with E-state index in [2.05, 4.69) is 0 Å². The summed E-state index contributed by atoms with van der Waals surface area (Å²) in [7, 11) is 0. The topological polar surface area (TPSA) is 98.4 Å². The number of amides is 1. The lowest BCUT2D eigenvalue weighted by atomic mass is 9.71. The molecular formula is C31H34ClNO7. The van der Waals surface area contributed by atoms with Crippen LogP contribution in [0.4, 0.5) is 0 Å². The minimum absolute atomic E-state index is 0.0219. The van der Waals surface area contributed by atoms with Gasteiger partial charge in [-0.1, -0.05) is 24.4 Å². The number of ether oxygens (including phenoxy) is 3. The third-order valence-electron chi connectivity index (χ3n) is 8.95. The number of carbonyl (C=O) groups is 1. The zero-order valence-electron chi connectivity index (χ0n) is 22.9. The third kappa shape index (κ3) is 4.92. The van der Waals surface area contributed by atoms with Crippen molar-refractivity contribution in [2.45, 2.75) is 71.0 Å². The van der Waals surface area contributed by atoms with Crippen LogP contribution >= 0.6 is 11.6 Å². The Morgan fingerprint density at radius 3 is 2.77 bits per heavy atom. The van der Waals surface area contributed by atoms with Crippen LogP contribution < -0.4 is 19.8 Å². The standard InChI is InChI=1S/C31H34ClNO7/c1-18-22-6-8-25(37-16-20-13-26-27(14-24(20)32)39-17-38-26)19(2)29(22)40-30(35)23(18)7-9-28(34)33-12-11-31(36)10-4-3-5-21(31)15-33/h6,8,13-14,21,36H,3-5,7,9-12,15-17H2,1-2H3. The summed E-state index contributed by atoms with van der Waals surface area (Å²) in [6, 6.07) is 7.26. The number of hydrogen-bond donors (Lipinski definition) is 1. The first kappa shape index (κ1) is 27.0. The highest BCUT2D eigenvalue weighted by Gasteiger charge is 2.43. The van der Waals surface area contributed by atoms with Gasteiger partial charge in [0, 0.05) is 53.6 Å². The Balaban J connectivity index is 1.15. The smallest absolute Gasteiger partial charge is 0.339 e. The summed E-state index contributed by atoms with van der Waals surface area (Å²) < 4.78 is 22.6. The third-order valence-corrected chi connectivity index (χ3v) is 9.30. The van der Waals surface area contributed by atoms with Crippen molar-refractivity contribution in [2.75, 3.05) is 19.9 Å². The van der Waals surface area contributed by atoms with Crippen LogP contribution in [0, 0.1) is 19.8 Å². The van der Waals surface area contributed by atoms with Gasteiger partial charge in [0.1, 0.15) is 17.9 Å². The van der Waals surface area contributed by atoms with Crippen LogP contribution in [-0.2, 0) is 17.8 Å². The fourth-order valence-electron chi connectivity index (χ4n) is 6.43. The number of carbonyl (C=O) groups excluding carboxylic acids is 1. The number of hydrogen-bond acceptors (Lipinski definition) is 7. The molecule has 2 aromatic carbocycles. The molecule has 1 saturated carbocycles. The number of benzene rings is 2. The lowest BCUT2D eigenvalue weighted by Crippen LogP contribution is -2.54. The van der Waals surface area contributed by atoms with Crippen molar-refractivity contribution in [1.82, 2.24) is 4.90 Å². The highest BCUT2D eigenvalue weighted by atomic mass is 35.5. The molecule has 0 spiro atoms. The molecule has 1 aliphatic carbocycles. The van der Waals surface area contributed by atoms with Gasteiger partial charge in [0.15, 0.2) is 11.5 Å². The van der Waals surface area contributed by atoms with Crippen molar-refractivity contribution in [3.8, 4) is 17.2 Å². The van der Waals surface area contributed by atoms with Crippen LogP contribution in [-0.4, -0.2) is 41.4 Å². The Kier molecular flexibility index (Phi) is 7.17. The van der Waals surface area contributed by atoms with Crippen molar-refractivity contribution >= 4 is 28.5 Å². The van der Waals surface area contributed by atoms with E-state index in [1.54, 1.807) is 12.1 Å². The van der Waals surface area contributed by atoms with Crippen LogP contribution in [0.2, 0.25) is 5.02 Å². The van der Waals surface area contributed by atoms with E-state index in [0.717, 1.165) is 42.2 Å². The Labute approximate surface area is 237 Å². The molecule has 1 saturated heterocycles. The summed E-state index contributed by atoms with van der Waals surface area (Å²) >= 11 is 6.39. The number of nitrogens with zero attached hydrogens (tertiary/aromatic N) is 1. The van der Waals surface area contributed by atoms with E-state index in [-0.39, 0.29) is 31.6 Å². The van der Waals surface area contributed by atoms with E-state index >= 15 is 0 Å². The largest absolute Gasteiger partial charge is 0.488 e. The monoisotopic (exact) mass is 567 g/mol. The Hall–Kier alpha value is -3.23. The van der Waals surface area contributed by atoms with E-state index in [4.69, 9.17) is 30.2 Å². The SMILES string of the molecule is Cc1c(CCC(=O)N2CCC3(O)CCCCC3C2)c(=O)oc2c(C)c(OCc3cc4c(cc3Cl)OCO4)ccc12. The highest BCUT2D eigenvalue weighted by Crippen LogP contribution is 2.40. The maximum atomic E-state index is 13.1. The lowest BCUT2D eigenvalue weighted by Gasteiger charge is -2.47. The Bertz CT molecular complexity index is 1530. The van der Waals surface area contributed by atoms with E-state index in [1.165, 1.54) is 0 Å². The average molecular weight is 568 g/mol. The molecule has 0 radical (unpaired) electrons. The molecule has 3 heterocycles. The van der Waals surface area contributed by atoms with Crippen LogP contribution in [0.25, 0.3) is 11.0 Å². The van der Waals surface area contributed by atoms with Crippen LogP contribution in [0.1, 0.15) is 60.8 Å². The molecule has 9 heteroatoms. The first-order valence-electron chi connectivity index (χ1n) is 14.0. The van der Waals surface area contributed by atoms with Gasteiger partial charge in [-0.2, -0.15) is 0 Å². The second-order valence-electron chi connectivity index (χ2n) is 11.3. The number of likely N-dealkylation sites (tertiary alicyclic amines) is 1. The summed E-state index contributed by atoms with van der Waals surface area (Å²) in [5.74, 6) is 1.99. The summed E-state index contributed by atoms with van der Waals surface area (Å²) in [4.78, 5) is 28.0. The number of fused-ring (bicyclic) bond motifs is 3. The van der Waals surface area contributed by atoms with Gasteiger partial charge in [-0.3, -0.25) is 4.79 Å². The number of aryl methyl sites for hydroxylation is 2. The fourth-order valence-corrected chi connectivity index (χ4v) is 6.64. The summed E-state index contributed by atoms with van der Waals surface area (Å²) in [6.07, 6.45) is 5.12. The average Bonchev–Trinajstić information content (AvgIpc) is 3.39. The lowest BCUT2D eigenvalue weighted by molar-refractivity contribution is -0.143. The Morgan fingerprint density at radius 2 is 1.95 bits per heavy atom. The van der Waals surface area contributed by atoms with Crippen molar-refractivity contribution in [2.24, 2.45) is 5.92 Å². The van der Waals surface area contributed by atoms with Crippen molar-refractivity contribution < 1.29 is 28.5 Å². The van der Waals surface area contributed by atoms with Gasteiger partial charge in [-0.05, 0) is 63.3 Å². The van der Waals surface area contributed by atoms with Crippen LogP contribution in [0.3, 0.4) is 0 Å². The molecule has 1 aromatic heterocycles. The number of rotatable bonds is 6. The molecule has 6 rings (SSSR count). The molecule has 2 atom stereocenters. The summed E-state index contributed by atoms with van der Waals surface area (Å²) in [6.45, 7) is 5.29. The first-order chi connectivity index (χ1) is 19.2. The predicted octanol–water partition coefficient (Wildman–Crippen LogP) is 5.46. The van der Waals surface area contributed by atoms with Gasteiger partial charge in [0.2, 0.25) is 12.7 Å². The van der Waals surface area contributed by atoms with Gasteiger partial charge in [0.25, 0.3) is 0 Å². The molecule has 212 valence electrons. The quantitative estimate of drug-likeness (QED) is 0.395. The molecule has 2 unspecified atom stereocenters. The minimum Gasteiger partial charge on any atom is -0.488 e. The molecule has 0 bridgehead atoms. The van der Waals surface area contributed by atoms with Gasteiger partial charge in [-0.25, -0.2) is 4.79 Å². The van der Waals surface area contributed by atoms with Gasteiger partial charge >= 0.3 is 5.63 Å². The van der Waals surface area contributed by atoms with E-state index < -0.39 is 11.2 Å². The first-order valence-corrected chi connectivity index (χ1v) is 14.4. The molecule has 3 aromatic rings. The van der Waals surface area contributed by atoms with Gasteiger partial charge in [0.05, 0.1) is 10.6 Å². The summed E-state index contributed by atoms with van der Waals surface area (Å²) in [5, 5.41) is 12.3. The van der Waals surface area contributed by atoms with E-state index in [1.807, 2.05) is 30.9 Å². The fraction of sp³-hybridized carbons (Fsp3) is 0.484. The molecule has 1 amide bonds. The van der Waals surface area contributed by atoms with Gasteiger partial charge in [-0.15, -0.1) is 0 Å². The number of aliphatic hydroxyl groups is 1. The maximum Gasteiger partial charge on any atom is 0.339 e. The summed E-state index contributed by atoms with van der Waals surface area (Å²) in [5.41, 5.74) is 2.22. The van der Waals surface area contributed by atoms with Crippen molar-refractivity contribution in [3.63, 3.8) is 0 Å². The van der Waals surface area contributed by atoms with Crippen LogP contribution in [0.5, 0.6) is 17.2 Å². The highest BCUT2D eigenvalue weighted by molar-refractivity contribution is 6.31. The maximum absolute atomic E-state index is 13.1. The minimum atomic E-state index is -0.623. The molecule has 2 fully saturated rings. The second kappa shape index (κ2) is 10.6. The van der Waals surface area contributed by atoms with Crippen molar-refractivity contribution in [3.05, 3.63) is 62.0 Å². The predicted molar refractivity (Wildman–Crippen MR) is 150 cm³/mol. The zero-order valence-corrected chi connectivity index (χ0v) is 23.6. The number of piperidine rings is 1. The van der Waals surface area contributed by atoms with Crippen LogP contribution in [0.15, 0.2) is 33.5 Å². The molecule has 3 aliphatic rings. The normalized spacial score (nSPS) is 21.9. The number of halogens is 1. The van der Waals surface area contributed by atoms with Crippen molar-refractivity contribution in [1.29, 1.82) is 0 Å². The van der Waals surface area contributed by atoms with Gasteiger partial charge < -0.3 is 28.6 Å². The van der Waals surface area contributed by atoms with E-state index in [9.17, 15) is 14.7 Å². The molecule has 2 aliphatic heterocycles. The van der Waals surface area contributed by atoms with E-state index in [0.29, 0.717) is 64.9 Å². The molecule has 8 nitrogen and oxygen atoms in total. The second-order valence-corrected chi connectivity index (χ2v) is 11.7. The Morgan fingerprint density at radius 1 is 1.15 bits per heavy atom. The zero-order chi connectivity index (χ0) is 28.0. The molecular weight excluding hydrogens is 534 g/mol. The molecule has 1 N–H and O–H groups in total. The molecule has 40 heavy (non-hydrogen) atoms.